The molecule has 0 saturated carbocycles. The highest BCUT2D eigenvalue weighted by Crippen LogP contribution is 2.17. The molecule has 29 heavy (non-hydrogen) atoms. The molecule has 4 amide bonds. The van der Waals surface area contributed by atoms with E-state index in [4.69, 9.17) is 0 Å². The van der Waals surface area contributed by atoms with E-state index in [9.17, 15) is 24.5 Å². The molecule has 9 heteroatoms. The van der Waals surface area contributed by atoms with Gasteiger partial charge in [-0.15, -0.1) is 0 Å². The van der Waals surface area contributed by atoms with Crippen molar-refractivity contribution in [2.45, 2.75) is 25.8 Å². The molecule has 0 aromatic heterocycles. The lowest BCUT2D eigenvalue weighted by Gasteiger charge is -2.13. The van der Waals surface area contributed by atoms with Crippen LogP contribution in [0.1, 0.15) is 18.1 Å². The normalized spacial score (nSPS) is 15.9. The predicted octanol–water partition coefficient (Wildman–Crippen LogP) is 2.26. The van der Waals surface area contributed by atoms with Crippen LogP contribution in [0.2, 0.25) is 0 Å². The van der Waals surface area contributed by atoms with Crippen molar-refractivity contribution in [3.05, 3.63) is 69.8 Å². The van der Waals surface area contributed by atoms with E-state index in [1.165, 1.54) is 19.1 Å². The van der Waals surface area contributed by atoms with Gasteiger partial charge < -0.3 is 10.6 Å². The van der Waals surface area contributed by atoms with Crippen LogP contribution in [0.3, 0.4) is 0 Å². The molecule has 1 aliphatic heterocycles. The molecule has 150 valence electrons. The Balaban J connectivity index is 1.57. The number of imide groups is 1. The fraction of sp³-hybridized carbons (Fsp3) is 0.250. The van der Waals surface area contributed by atoms with Gasteiger partial charge >= 0.3 is 6.03 Å². The molecule has 1 fully saturated rings. The molecule has 1 unspecified atom stereocenters. The van der Waals surface area contributed by atoms with Gasteiger partial charge in [-0.05, 0) is 29.7 Å². The van der Waals surface area contributed by atoms with E-state index in [0.717, 1.165) is 16.0 Å². The Kier molecular flexibility index (Phi) is 5.87. The van der Waals surface area contributed by atoms with Crippen LogP contribution in [0.25, 0.3) is 0 Å². The molecule has 0 aliphatic carbocycles. The number of urea groups is 1. The Morgan fingerprint density at radius 3 is 2.31 bits per heavy atom. The molecular formula is C20H20N4O5. The summed E-state index contributed by atoms with van der Waals surface area (Å²) in [6.45, 7) is 1.62. The van der Waals surface area contributed by atoms with E-state index in [-0.39, 0.29) is 24.0 Å². The van der Waals surface area contributed by atoms with Gasteiger partial charge in [-0.3, -0.25) is 24.6 Å². The number of benzene rings is 2. The van der Waals surface area contributed by atoms with Crippen molar-refractivity contribution in [2.24, 2.45) is 0 Å². The Morgan fingerprint density at radius 2 is 1.72 bits per heavy atom. The first kappa shape index (κ1) is 20.0. The zero-order chi connectivity index (χ0) is 21.0. The van der Waals surface area contributed by atoms with Crippen LogP contribution in [0.15, 0.2) is 48.5 Å². The quantitative estimate of drug-likeness (QED) is 0.422. The zero-order valence-corrected chi connectivity index (χ0v) is 15.8. The van der Waals surface area contributed by atoms with Gasteiger partial charge in [0.25, 0.3) is 11.6 Å². The van der Waals surface area contributed by atoms with Crippen molar-refractivity contribution >= 4 is 29.2 Å². The molecule has 0 spiro atoms. The number of carbonyl (C=O) groups excluding carboxylic acids is 3. The number of nitro benzene ring substituents is 1. The molecule has 2 N–H and O–H groups in total. The number of hydrogen-bond acceptors (Lipinski definition) is 5. The van der Waals surface area contributed by atoms with Gasteiger partial charge in [0, 0.05) is 37.7 Å². The molecule has 2 aromatic rings. The molecule has 0 radical (unpaired) electrons. The lowest BCUT2D eigenvalue weighted by atomic mass is 10.1. The maximum Gasteiger partial charge on any atom is 0.324 e. The summed E-state index contributed by atoms with van der Waals surface area (Å²) in [6, 6.07) is 12.0. The number of hydrogen-bond donors (Lipinski definition) is 2. The predicted molar refractivity (Wildman–Crippen MR) is 105 cm³/mol. The number of anilines is 1. The molecule has 1 atom stereocenters. The lowest BCUT2D eigenvalue weighted by molar-refractivity contribution is -0.384. The summed E-state index contributed by atoms with van der Waals surface area (Å²) in [6.07, 6.45) is 0.758. The summed E-state index contributed by atoms with van der Waals surface area (Å²) in [5.74, 6) is -0.470. The second-order valence-corrected chi connectivity index (χ2v) is 6.75. The van der Waals surface area contributed by atoms with Crippen LogP contribution in [-0.4, -0.2) is 40.3 Å². The van der Waals surface area contributed by atoms with E-state index < -0.39 is 17.0 Å². The number of nitrogens with zero attached hydrogens (tertiary/aromatic N) is 2. The van der Waals surface area contributed by atoms with Crippen molar-refractivity contribution in [3.63, 3.8) is 0 Å². The second-order valence-electron chi connectivity index (χ2n) is 6.75. The minimum absolute atomic E-state index is 0.00618. The Bertz CT molecular complexity index is 940. The molecule has 1 saturated heterocycles. The Hall–Kier alpha value is -3.75. The Morgan fingerprint density at radius 1 is 1.10 bits per heavy atom. The third-order valence-corrected chi connectivity index (χ3v) is 4.59. The van der Waals surface area contributed by atoms with Gasteiger partial charge in [-0.25, -0.2) is 4.79 Å². The van der Waals surface area contributed by atoms with Gasteiger partial charge in [0.1, 0.15) is 6.04 Å². The maximum absolute atomic E-state index is 12.6. The fourth-order valence-corrected chi connectivity index (χ4v) is 3.12. The number of rotatable bonds is 7. The Labute approximate surface area is 166 Å². The third-order valence-electron chi connectivity index (χ3n) is 4.59. The molecular weight excluding hydrogens is 376 g/mol. The highest BCUT2D eigenvalue weighted by atomic mass is 16.6. The first-order chi connectivity index (χ1) is 13.8. The minimum Gasteiger partial charge on any atom is -0.326 e. The monoisotopic (exact) mass is 396 g/mol. The topological polar surface area (TPSA) is 122 Å². The number of carbonyl (C=O) groups is 3. The van der Waals surface area contributed by atoms with Crippen molar-refractivity contribution < 1.29 is 19.3 Å². The van der Waals surface area contributed by atoms with Crippen molar-refractivity contribution in [1.29, 1.82) is 0 Å². The standard InChI is InChI=1S/C20H20N4O5/c1-13(25)21-16-6-2-15(3-7-16)12-18-19(26)23(20(27)22-18)11-10-14-4-8-17(9-5-14)24(28)29/h2-9,18H,10-12H2,1H3,(H,21,25)(H,22,27). The summed E-state index contributed by atoms with van der Waals surface area (Å²) in [5, 5.41) is 16.1. The first-order valence-electron chi connectivity index (χ1n) is 9.05. The van der Waals surface area contributed by atoms with Gasteiger partial charge in [0.05, 0.1) is 4.92 Å². The lowest BCUT2D eigenvalue weighted by Crippen LogP contribution is -2.33. The van der Waals surface area contributed by atoms with E-state index in [2.05, 4.69) is 10.6 Å². The third kappa shape index (κ3) is 4.95. The first-order valence-corrected chi connectivity index (χ1v) is 9.05. The van der Waals surface area contributed by atoms with E-state index in [1.54, 1.807) is 36.4 Å². The minimum atomic E-state index is -0.647. The van der Waals surface area contributed by atoms with E-state index in [0.29, 0.717) is 18.5 Å². The number of amides is 4. The largest absolute Gasteiger partial charge is 0.326 e. The summed E-state index contributed by atoms with van der Waals surface area (Å²) in [7, 11) is 0. The van der Waals surface area contributed by atoms with Crippen LogP contribution in [0.5, 0.6) is 0 Å². The van der Waals surface area contributed by atoms with Crippen LogP contribution < -0.4 is 10.6 Å². The van der Waals surface area contributed by atoms with E-state index >= 15 is 0 Å². The van der Waals surface area contributed by atoms with Crippen molar-refractivity contribution in [1.82, 2.24) is 10.2 Å². The fourth-order valence-electron chi connectivity index (χ4n) is 3.12. The highest BCUT2D eigenvalue weighted by molar-refractivity contribution is 6.04. The van der Waals surface area contributed by atoms with Gasteiger partial charge in [0.15, 0.2) is 0 Å². The van der Waals surface area contributed by atoms with E-state index in [1.807, 2.05) is 0 Å². The van der Waals surface area contributed by atoms with Gasteiger partial charge in [0.2, 0.25) is 5.91 Å². The molecule has 1 aliphatic rings. The highest BCUT2D eigenvalue weighted by Gasteiger charge is 2.37. The van der Waals surface area contributed by atoms with Crippen LogP contribution in [0.4, 0.5) is 16.2 Å². The van der Waals surface area contributed by atoms with Crippen molar-refractivity contribution in [3.8, 4) is 0 Å². The van der Waals surface area contributed by atoms with Crippen LogP contribution in [-0.2, 0) is 22.4 Å². The maximum atomic E-state index is 12.6. The molecule has 9 nitrogen and oxygen atoms in total. The molecule has 1 heterocycles. The number of nitrogens with one attached hydrogen (secondary N) is 2. The van der Waals surface area contributed by atoms with Gasteiger partial charge in [-0.2, -0.15) is 0 Å². The summed E-state index contributed by atoms with van der Waals surface area (Å²) in [5.41, 5.74) is 2.31. The second kappa shape index (κ2) is 8.51. The summed E-state index contributed by atoms with van der Waals surface area (Å²) in [4.78, 5) is 47.2. The van der Waals surface area contributed by atoms with Gasteiger partial charge in [-0.1, -0.05) is 24.3 Å². The van der Waals surface area contributed by atoms with Crippen LogP contribution in [0, 0.1) is 10.1 Å². The molecule has 0 bridgehead atoms. The van der Waals surface area contributed by atoms with Crippen LogP contribution >= 0.6 is 0 Å². The van der Waals surface area contributed by atoms with Crippen molar-refractivity contribution in [2.75, 3.05) is 11.9 Å². The smallest absolute Gasteiger partial charge is 0.324 e. The average Bonchev–Trinajstić information content (AvgIpc) is 2.94. The summed E-state index contributed by atoms with van der Waals surface area (Å²) >= 11 is 0. The number of non-ortho nitro benzene ring substituents is 1. The number of nitro groups is 1. The molecule has 3 rings (SSSR count). The SMILES string of the molecule is CC(=O)Nc1ccc(CC2NC(=O)N(CCc3ccc([N+](=O)[O-])cc3)C2=O)cc1. The summed E-state index contributed by atoms with van der Waals surface area (Å²) < 4.78 is 0. The molecule has 2 aromatic carbocycles. The average molecular weight is 396 g/mol. The zero-order valence-electron chi connectivity index (χ0n) is 15.8.